The van der Waals surface area contributed by atoms with Crippen LogP contribution in [-0.2, 0) is 0 Å². The first-order chi connectivity index (χ1) is 12.1. The van der Waals surface area contributed by atoms with Gasteiger partial charge in [-0.25, -0.2) is 5.01 Å². The van der Waals surface area contributed by atoms with Crippen molar-refractivity contribution in [3.63, 3.8) is 0 Å². The molecular formula is C18H14Cl2N4O. The molecule has 7 heteroatoms. The van der Waals surface area contributed by atoms with Gasteiger partial charge in [0.15, 0.2) is 0 Å². The number of para-hydroxylation sites is 1. The lowest BCUT2D eigenvalue weighted by molar-refractivity contribution is 0.361. The van der Waals surface area contributed by atoms with Gasteiger partial charge in [0.2, 0.25) is 6.19 Å². The molecule has 0 radical (unpaired) electrons. The van der Waals surface area contributed by atoms with Crippen LogP contribution in [0.15, 0.2) is 58.6 Å². The minimum absolute atomic E-state index is 0.112. The maximum Gasteiger partial charge on any atom is 0.329 e. The normalized spacial score (nSPS) is 17.2. The second kappa shape index (κ2) is 7.56. The number of amidine groups is 1. The van der Waals surface area contributed by atoms with Crippen molar-refractivity contribution in [2.75, 3.05) is 6.54 Å². The molecule has 0 fully saturated rings. The van der Waals surface area contributed by atoms with Gasteiger partial charge in [-0.05, 0) is 29.8 Å². The molecule has 1 aliphatic rings. The first-order valence-electron chi connectivity index (χ1n) is 7.59. The number of nitrogens with zero attached hydrogens (tertiary/aromatic N) is 4. The Morgan fingerprint density at radius 3 is 2.68 bits per heavy atom. The van der Waals surface area contributed by atoms with Crippen LogP contribution in [0.3, 0.4) is 0 Å². The highest BCUT2D eigenvalue weighted by molar-refractivity contribution is 6.42. The molecule has 25 heavy (non-hydrogen) atoms. The fraction of sp³-hybridized carbons (Fsp3) is 0.167. The minimum atomic E-state index is 0.112. The molecule has 0 aliphatic carbocycles. The molecule has 1 atom stereocenters. The molecule has 0 bridgehead atoms. The predicted molar refractivity (Wildman–Crippen MR) is 99.0 cm³/mol. The molecule has 0 saturated heterocycles. The van der Waals surface area contributed by atoms with Gasteiger partial charge >= 0.3 is 6.02 Å². The SMILES string of the molecule is CC1CN(C(=NC#N)Oc2ccccc2)N=C1c1ccc(Cl)c(Cl)c1. The van der Waals surface area contributed by atoms with E-state index >= 15 is 0 Å². The molecule has 1 aliphatic heterocycles. The summed E-state index contributed by atoms with van der Waals surface area (Å²) in [4.78, 5) is 3.77. The summed E-state index contributed by atoms with van der Waals surface area (Å²) in [7, 11) is 0. The lowest BCUT2D eigenvalue weighted by Crippen LogP contribution is -2.30. The third kappa shape index (κ3) is 3.93. The Bertz CT molecular complexity index is 874. The van der Waals surface area contributed by atoms with E-state index in [1.807, 2.05) is 31.2 Å². The Balaban J connectivity index is 1.88. The molecule has 0 saturated carbocycles. The highest BCUT2D eigenvalue weighted by Gasteiger charge is 2.28. The molecule has 1 unspecified atom stereocenters. The van der Waals surface area contributed by atoms with E-state index < -0.39 is 0 Å². The van der Waals surface area contributed by atoms with Crippen LogP contribution in [0.2, 0.25) is 10.0 Å². The van der Waals surface area contributed by atoms with Crippen LogP contribution in [-0.4, -0.2) is 23.3 Å². The number of rotatable bonds is 2. The smallest absolute Gasteiger partial charge is 0.329 e. The van der Waals surface area contributed by atoms with Crippen LogP contribution in [0, 0.1) is 17.4 Å². The molecule has 0 aromatic heterocycles. The predicted octanol–water partition coefficient (Wildman–Crippen LogP) is 4.57. The van der Waals surface area contributed by atoms with Crippen LogP contribution in [0.25, 0.3) is 0 Å². The van der Waals surface area contributed by atoms with Gasteiger partial charge in [-0.2, -0.15) is 10.4 Å². The summed E-state index contributed by atoms with van der Waals surface area (Å²) >= 11 is 12.1. The highest BCUT2D eigenvalue weighted by atomic mass is 35.5. The van der Waals surface area contributed by atoms with Crippen molar-refractivity contribution in [3.8, 4) is 11.9 Å². The van der Waals surface area contributed by atoms with Crippen LogP contribution in [0.5, 0.6) is 5.75 Å². The number of halogens is 2. The second-order valence-electron chi connectivity index (χ2n) is 5.51. The van der Waals surface area contributed by atoms with E-state index in [2.05, 4.69) is 10.1 Å². The lowest BCUT2D eigenvalue weighted by Gasteiger charge is -2.15. The van der Waals surface area contributed by atoms with Gasteiger partial charge in [0.1, 0.15) is 5.75 Å². The second-order valence-corrected chi connectivity index (χ2v) is 6.32. The van der Waals surface area contributed by atoms with Crippen molar-refractivity contribution in [1.82, 2.24) is 5.01 Å². The number of benzene rings is 2. The first-order valence-corrected chi connectivity index (χ1v) is 8.35. The molecule has 5 nitrogen and oxygen atoms in total. The van der Waals surface area contributed by atoms with E-state index in [4.69, 9.17) is 33.2 Å². The highest BCUT2D eigenvalue weighted by Crippen LogP contribution is 2.27. The Morgan fingerprint density at radius 2 is 2.00 bits per heavy atom. The number of ether oxygens (including phenoxy) is 1. The van der Waals surface area contributed by atoms with Gasteiger partial charge < -0.3 is 4.74 Å². The van der Waals surface area contributed by atoms with Crippen molar-refractivity contribution in [1.29, 1.82) is 5.26 Å². The molecular weight excluding hydrogens is 359 g/mol. The average molecular weight is 373 g/mol. The number of hydrazone groups is 1. The van der Waals surface area contributed by atoms with E-state index in [-0.39, 0.29) is 11.9 Å². The zero-order chi connectivity index (χ0) is 17.8. The Hall–Kier alpha value is -2.55. The Labute approximate surface area is 155 Å². The van der Waals surface area contributed by atoms with Crippen molar-refractivity contribution in [2.45, 2.75) is 6.92 Å². The summed E-state index contributed by atoms with van der Waals surface area (Å²) in [5.41, 5.74) is 1.71. The van der Waals surface area contributed by atoms with Crippen LogP contribution < -0.4 is 4.74 Å². The number of aliphatic imine (C=N–C) groups is 1. The van der Waals surface area contributed by atoms with Crippen molar-refractivity contribution in [3.05, 3.63) is 64.1 Å². The number of nitriles is 1. The van der Waals surface area contributed by atoms with Gasteiger partial charge in [-0.1, -0.05) is 54.4 Å². The maximum absolute atomic E-state index is 8.97. The van der Waals surface area contributed by atoms with E-state index in [1.165, 1.54) is 0 Å². The molecule has 0 N–H and O–H groups in total. The molecule has 1 heterocycles. The summed E-state index contributed by atoms with van der Waals surface area (Å²) in [6.07, 6.45) is 1.76. The zero-order valence-electron chi connectivity index (χ0n) is 13.4. The van der Waals surface area contributed by atoms with Gasteiger partial charge in [-0.3, -0.25) is 0 Å². The molecule has 3 rings (SSSR count). The van der Waals surface area contributed by atoms with Gasteiger partial charge in [0.25, 0.3) is 0 Å². The van der Waals surface area contributed by atoms with E-state index in [0.29, 0.717) is 22.3 Å². The van der Waals surface area contributed by atoms with Crippen LogP contribution in [0.1, 0.15) is 12.5 Å². The fourth-order valence-corrected chi connectivity index (χ4v) is 2.80. The molecule has 2 aromatic carbocycles. The Kier molecular flexibility index (Phi) is 5.22. The Morgan fingerprint density at radius 1 is 1.24 bits per heavy atom. The van der Waals surface area contributed by atoms with E-state index in [0.717, 1.165) is 11.3 Å². The summed E-state index contributed by atoms with van der Waals surface area (Å²) < 4.78 is 5.71. The average Bonchev–Trinajstić information content (AvgIpc) is 3.00. The van der Waals surface area contributed by atoms with Crippen molar-refractivity contribution in [2.24, 2.45) is 16.0 Å². The fourth-order valence-electron chi connectivity index (χ4n) is 2.50. The number of hydrogen-bond donors (Lipinski definition) is 0. The summed E-state index contributed by atoms with van der Waals surface area (Å²) in [6, 6.07) is 14.7. The summed E-state index contributed by atoms with van der Waals surface area (Å²) in [5, 5.41) is 16.1. The van der Waals surface area contributed by atoms with Crippen LogP contribution in [0.4, 0.5) is 0 Å². The standard InChI is InChI=1S/C18H14Cl2N4O/c1-12-10-24(18(22-11-21)25-14-5-3-2-4-6-14)23-17(12)13-7-8-15(19)16(20)9-13/h2-9,12H,10H2,1H3. The third-order valence-corrected chi connectivity index (χ3v) is 4.42. The zero-order valence-corrected chi connectivity index (χ0v) is 14.9. The topological polar surface area (TPSA) is 61.0 Å². The first kappa shape index (κ1) is 17.3. The maximum atomic E-state index is 8.97. The summed E-state index contributed by atoms with van der Waals surface area (Å²) in [6.45, 7) is 2.58. The largest absolute Gasteiger partial charge is 0.424 e. The summed E-state index contributed by atoms with van der Waals surface area (Å²) in [5.74, 6) is 0.697. The molecule has 126 valence electrons. The molecule has 0 amide bonds. The minimum Gasteiger partial charge on any atom is -0.424 e. The van der Waals surface area contributed by atoms with Gasteiger partial charge in [-0.15, -0.1) is 4.99 Å². The quantitative estimate of drug-likeness (QED) is 0.440. The molecule has 0 spiro atoms. The van der Waals surface area contributed by atoms with Gasteiger partial charge in [0.05, 0.1) is 22.3 Å². The lowest BCUT2D eigenvalue weighted by atomic mass is 9.99. The van der Waals surface area contributed by atoms with Crippen molar-refractivity contribution < 1.29 is 4.74 Å². The number of hydrogen-bond acceptors (Lipinski definition) is 4. The van der Waals surface area contributed by atoms with Crippen molar-refractivity contribution >= 4 is 34.9 Å². The van der Waals surface area contributed by atoms with E-state index in [9.17, 15) is 0 Å². The third-order valence-electron chi connectivity index (χ3n) is 3.68. The van der Waals surface area contributed by atoms with Gasteiger partial charge in [0, 0.05) is 5.92 Å². The van der Waals surface area contributed by atoms with Crippen LogP contribution >= 0.6 is 23.2 Å². The molecule has 2 aromatic rings. The monoisotopic (exact) mass is 372 g/mol. The van der Waals surface area contributed by atoms with E-state index in [1.54, 1.807) is 35.5 Å².